The number of carbonyl (C=O) groups is 2. The van der Waals surface area contributed by atoms with Gasteiger partial charge in [-0.2, -0.15) is 5.10 Å². The van der Waals surface area contributed by atoms with Gasteiger partial charge in [-0.1, -0.05) is 18.2 Å². The summed E-state index contributed by atoms with van der Waals surface area (Å²) in [5.74, 6) is -0.215. The maximum Gasteiger partial charge on any atom is 0.314 e. The van der Waals surface area contributed by atoms with Gasteiger partial charge in [0.15, 0.2) is 5.11 Å². The molecule has 0 atom stereocenters. The highest BCUT2D eigenvalue weighted by Crippen LogP contribution is 2.29. The Balaban J connectivity index is 1.67. The van der Waals surface area contributed by atoms with E-state index in [2.05, 4.69) is 15.5 Å². The van der Waals surface area contributed by atoms with Crippen LogP contribution in [0.25, 0.3) is 5.57 Å². The number of thiocarbonyl (C=S) groups is 1. The minimum absolute atomic E-state index is 0.0453. The first-order valence-electron chi connectivity index (χ1n) is 10.6. The quantitative estimate of drug-likeness (QED) is 0.164. The van der Waals surface area contributed by atoms with Crippen molar-refractivity contribution in [1.82, 2.24) is 20.4 Å². The third-order valence-electron chi connectivity index (χ3n) is 4.98. The second-order valence-corrected chi connectivity index (χ2v) is 8.19. The lowest BCUT2D eigenvalue weighted by atomic mass is 10.0. The van der Waals surface area contributed by atoms with Gasteiger partial charge in [0.1, 0.15) is 29.0 Å². The molecule has 1 aliphatic heterocycles. The molecule has 1 aromatic heterocycles. The molecule has 11 nitrogen and oxygen atoms in total. The summed E-state index contributed by atoms with van der Waals surface area (Å²) >= 11 is 5.26. The van der Waals surface area contributed by atoms with E-state index in [1.165, 1.54) is 17.2 Å². The molecule has 1 fully saturated rings. The fourth-order valence-electron chi connectivity index (χ4n) is 3.42. The van der Waals surface area contributed by atoms with Crippen molar-refractivity contribution in [3.8, 4) is 11.5 Å². The van der Waals surface area contributed by atoms with Crippen LogP contribution in [-0.4, -0.2) is 51.0 Å². The van der Waals surface area contributed by atoms with E-state index in [1.807, 2.05) is 30.3 Å². The molecular formula is C24H20N6O5S. The third kappa shape index (κ3) is 5.13. The number of nitrogens with zero attached hydrogens (tertiary/aromatic N) is 4. The zero-order valence-electron chi connectivity index (χ0n) is 19.2. The summed E-state index contributed by atoms with van der Waals surface area (Å²) in [5.41, 5.74) is 0.100. The van der Waals surface area contributed by atoms with Gasteiger partial charge in [0.25, 0.3) is 11.8 Å². The van der Waals surface area contributed by atoms with Gasteiger partial charge in [-0.15, -0.1) is 0 Å². The van der Waals surface area contributed by atoms with E-state index >= 15 is 0 Å². The molecule has 2 heterocycles. The molecule has 1 saturated heterocycles. The predicted octanol–water partition coefficient (Wildman–Crippen LogP) is 3.39. The van der Waals surface area contributed by atoms with Crippen LogP contribution in [0.3, 0.4) is 0 Å². The minimum Gasteiger partial charge on any atom is -0.457 e. The number of benzene rings is 2. The highest BCUT2D eigenvalue weighted by molar-refractivity contribution is 7.80. The Hall–Kier alpha value is -4.84. The number of hydrogen-bond donors (Lipinski definition) is 2. The van der Waals surface area contributed by atoms with Crippen molar-refractivity contribution in [2.24, 2.45) is 0 Å². The van der Waals surface area contributed by atoms with Crippen LogP contribution in [0.2, 0.25) is 0 Å². The monoisotopic (exact) mass is 504 g/mol. The normalized spacial score (nSPS) is 15.2. The molecule has 2 aromatic carbocycles. The van der Waals surface area contributed by atoms with Crippen molar-refractivity contribution in [3.05, 3.63) is 94.5 Å². The maximum absolute atomic E-state index is 13.4. The van der Waals surface area contributed by atoms with E-state index in [4.69, 9.17) is 17.0 Å². The summed E-state index contributed by atoms with van der Waals surface area (Å²) in [6, 6.07) is 15.8. The van der Waals surface area contributed by atoms with E-state index in [9.17, 15) is 19.7 Å². The van der Waals surface area contributed by atoms with Crippen LogP contribution in [0.1, 0.15) is 5.69 Å². The molecule has 0 unspecified atom stereocenters. The summed E-state index contributed by atoms with van der Waals surface area (Å²) < 4.78 is 5.78. The Kier molecular flexibility index (Phi) is 6.88. The molecule has 0 bridgehead atoms. The highest BCUT2D eigenvalue weighted by Gasteiger charge is 2.35. The number of allylic oxidation sites excluding steroid dienone is 2. The lowest BCUT2D eigenvalue weighted by molar-refractivity contribution is -0.385. The maximum atomic E-state index is 13.4. The fourth-order valence-corrected chi connectivity index (χ4v) is 3.70. The number of para-hydroxylation sites is 1. The first kappa shape index (κ1) is 24.3. The number of hydrogen-bond acceptors (Lipinski definition) is 8. The van der Waals surface area contributed by atoms with Gasteiger partial charge in [-0.05, 0) is 54.7 Å². The van der Waals surface area contributed by atoms with Gasteiger partial charge in [-0.3, -0.25) is 35.0 Å². The largest absolute Gasteiger partial charge is 0.457 e. The molecule has 36 heavy (non-hydrogen) atoms. The molecule has 0 radical (unpaired) electrons. The topological polar surface area (TPSA) is 134 Å². The lowest BCUT2D eigenvalue weighted by Gasteiger charge is -2.29. The molecule has 12 heteroatoms. The van der Waals surface area contributed by atoms with Crippen molar-refractivity contribution < 1.29 is 19.2 Å². The Morgan fingerprint density at radius 2 is 1.78 bits per heavy atom. The van der Waals surface area contributed by atoms with Gasteiger partial charge in [0.2, 0.25) is 0 Å². The number of ether oxygens (including phenoxy) is 1. The number of nitro groups is 1. The number of amides is 2. The summed E-state index contributed by atoms with van der Waals surface area (Å²) in [6.45, 7) is 0. The number of rotatable bonds is 7. The van der Waals surface area contributed by atoms with E-state index in [1.54, 1.807) is 43.3 Å². The molecule has 0 spiro atoms. The van der Waals surface area contributed by atoms with Crippen LogP contribution in [0, 0.1) is 10.1 Å². The lowest BCUT2D eigenvalue weighted by Crippen LogP contribution is -2.54. The molecule has 0 saturated carbocycles. The third-order valence-corrected chi connectivity index (χ3v) is 5.26. The van der Waals surface area contributed by atoms with Crippen molar-refractivity contribution in [2.45, 2.75) is 0 Å². The summed E-state index contributed by atoms with van der Waals surface area (Å²) in [4.78, 5) is 39.7. The Morgan fingerprint density at radius 3 is 2.42 bits per heavy atom. The standard InChI is InChI=1S/C24H20N6O5S/c1-28(2)14-15(21-20(30(33)34)13-25-27-21)12-19-22(31)26-24(36)29(23(19)32)16-8-10-18(11-9-16)35-17-6-4-3-5-7-17/h3-14H,1-2H3,(H,25,27)(H,26,31,36)/b15-14-,19-12+. The molecule has 0 aliphatic carbocycles. The summed E-state index contributed by atoms with van der Waals surface area (Å²) in [5, 5.41) is 20.1. The Morgan fingerprint density at radius 1 is 1.11 bits per heavy atom. The molecular weight excluding hydrogens is 484 g/mol. The second-order valence-electron chi connectivity index (χ2n) is 7.80. The van der Waals surface area contributed by atoms with Crippen molar-refractivity contribution in [3.63, 3.8) is 0 Å². The van der Waals surface area contributed by atoms with Crippen LogP contribution in [0.5, 0.6) is 11.5 Å². The zero-order chi connectivity index (χ0) is 25.8. The number of carbonyl (C=O) groups excluding carboxylic acids is 2. The van der Waals surface area contributed by atoms with Crippen LogP contribution < -0.4 is 15.0 Å². The van der Waals surface area contributed by atoms with Gasteiger partial charge >= 0.3 is 5.69 Å². The van der Waals surface area contributed by atoms with E-state index in [0.717, 1.165) is 6.20 Å². The van der Waals surface area contributed by atoms with Crippen molar-refractivity contribution in [1.29, 1.82) is 0 Å². The number of aromatic nitrogens is 2. The molecule has 2 amide bonds. The van der Waals surface area contributed by atoms with Gasteiger partial charge in [0, 0.05) is 25.9 Å². The Bertz CT molecular complexity index is 1400. The second kappa shape index (κ2) is 10.2. The zero-order valence-corrected chi connectivity index (χ0v) is 20.0. The average Bonchev–Trinajstić information content (AvgIpc) is 3.33. The minimum atomic E-state index is -0.725. The SMILES string of the molecule is CN(C)/C=C(/C=C1\C(=O)NC(=S)N(c2ccc(Oc3ccccc3)cc2)C1=O)c1[nH]ncc1[N+](=O)[O-]. The molecule has 1 aliphatic rings. The van der Waals surface area contributed by atoms with E-state index in [0.29, 0.717) is 17.2 Å². The van der Waals surface area contributed by atoms with Crippen LogP contribution in [0.4, 0.5) is 11.4 Å². The first-order valence-corrected chi connectivity index (χ1v) is 11.0. The first-order chi connectivity index (χ1) is 17.2. The smallest absolute Gasteiger partial charge is 0.314 e. The number of anilines is 1. The van der Waals surface area contributed by atoms with Crippen LogP contribution >= 0.6 is 12.2 Å². The number of H-pyrrole nitrogens is 1. The van der Waals surface area contributed by atoms with Crippen molar-refractivity contribution >= 4 is 46.1 Å². The van der Waals surface area contributed by atoms with Crippen molar-refractivity contribution in [2.75, 3.05) is 19.0 Å². The van der Waals surface area contributed by atoms with Crippen LogP contribution in [0.15, 0.2) is 78.6 Å². The molecule has 4 rings (SSSR count). The van der Waals surface area contributed by atoms with E-state index < -0.39 is 16.7 Å². The number of nitrogens with one attached hydrogen (secondary N) is 2. The summed E-state index contributed by atoms with van der Waals surface area (Å²) in [6.07, 6.45) is 3.85. The van der Waals surface area contributed by atoms with E-state index in [-0.39, 0.29) is 27.6 Å². The summed E-state index contributed by atoms with van der Waals surface area (Å²) in [7, 11) is 3.40. The predicted molar refractivity (Wildman–Crippen MR) is 136 cm³/mol. The fraction of sp³-hybridized carbons (Fsp3) is 0.0833. The van der Waals surface area contributed by atoms with Gasteiger partial charge < -0.3 is 9.64 Å². The number of aromatic amines is 1. The van der Waals surface area contributed by atoms with Gasteiger partial charge in [0.05, 0.1) is 10.6 Å². The molecule has 3 aromatic rings. The highest BCUT2D eigenvalue weighted by atomic mass is 32.1. The average molecular weight is 505 g/mol. The van der Waals surface area contributed by atoms with Gasteiger partial charge in [-0.25, -0.2) is 0 Å². The van der Waals surface area contributed by atoms with Crippen LogP contribution in [-0.2, 0) is 9.59 Å². The Labute approximate surface area is 210 Å². The molecule has 2 N–H and O–H groups in total. The molecule has 182 valence electrons.